The molecule has 6 nitrogen and oxygen atoms in total. The number of aromatic nitrogens is 1. The van der Waals surface area contributed by atoms with E-state index in [2.05, 4.69) is 15.0 Å². The Hall–Kier alpha value is -2.12. The first-order valence-electron chi connectivity index (χ1n) is 5.84. The molecule has 0 saturated carbocycles. The van der Waals surface area contributed by atoms with Crippen LogP contribution in [-0.4, -0.2) is 25.6 Å². The number of nitrogens with zero attached hydrogens (tertiary/aromatic N) is 1. The van der Waals surface area contributed by atoms with Crippen LogP contribution in [-0.2, 0) is 10.0 Å². The first-order chi connectivity index (χ1) is 9.83. The predicted octanol–water partition coefficient (Wildman–Crippen LogP) is 2.36. The van der Waals surface area contributed by atoms with Crippen molar-refractivity contribution in [3.05, 3.63) is 53.3 Å². The molecule has 1 aromatic carbocycles. The molecular weight excluding hydrogens is 314 g/mol. The van der Waals surface area contributed by atoms with Crippen molar-refractivity contribution in [1.29, 1.82) is 0 Å². The number of benzene rings is 1. The highest BCUT2D eigenvalue weighted by Crippen LogP contribution is 2.16. The average molecular weight is 326 g/mol. The number of amides is 1. The van der Waals surface area contributed by atoms with Crippen LogP contribution in [0.4, 0.5) is 11.4 Å². The molecule has 0 unspecified atom stereocenters. The van der Waals surface area contributed by atoms with Crippen LogP contribution in [0.15, 0.2) is 42.6 Å². The number of pyridine rings is 1. The number of carbonyl (C=O) groups excluding carboxylic acids is 1. The fourth-order valence-electron chi connectivity index (χ4n) is 1.58. The topological polar surface area (TPSA) is 88.2 Å². The molecule has 21 heavy (non-hydrogen) atoms. The predicted molar refractivity (Wildman–Crippen MR) is 82.1 cm³/mol. The van der Waals surface area contributed by atoms with Gasteiger partial charge in [0.2, 0.25) is 10.0 Å². The van der Waals surface area contributed by atoms with E-state index in [9.17, 15) is 13.2 Å². The quantitative estimate of drug-likeness (QED) is 0.845. The molecule has 0 aliphatic rings. The van der Waals surface area contributed by atoms with Gasteiger partial charge in [-0.1, -0.05) is 11.6 Å². The fourth-order valence-corrected chi connectivity index (χ4v) is 2.32. The van der Waals surface area contributed by atoms with Crippen LogP contribution in [0.25, 0.3) is 0 Å². The molecule has 2 aromatic rings. The fraction of sp³-hybridized carbons (Fsp3) is 0.0769. The van der Waals surface area contributed by atoms with Gasteiger partial charge in [-0.2, -0.15) is 0 Å². The maximum Gasteiger partial charge on any atom is 0.255 e. The number of hydrogen-bond donors (Lipinski definition) is 2. The molecule has 0 spiro atoms. The Morgan fingerprint density at radius 3 is 2.33 bits per heavy atom. The molecule has 0 fully saturated rings. The van der Waals surface area contributed by atoms with Gasteiger partial charge in [-0.25, -0.2) is 13.4 Å². The molecule has 1 amide bonds. The molecule has 2 N–H and O–H groups in total. The van der Waals surface area contributed by atoms with Crippen molar-refractivity contribution in [2.24, 2.45) is 0 Å². The average Bonchev–Trinajstić information content (AvgIpc) is 2.39. The molecule has 0 aliphatic carbocycles. The van der Waals surface area contributed by atoms with Gasteiger partial charge in [0.25, 0.3) is 5.91 Å². The lowest BCUT2D eigenvalue weighted by Crippen LogP contribution is -2.12. The van der Waals surface area contributed by atoms with Crippen molar-refractivity contribution in [2.75, 3.05) is 16.3 Å². The summed E-state index contributed by atoms with van der Waals surface area (Å²) in [6.45, 7) is 0. The highest BCUT2D eigenvalue weighted by atomic mass is 35.5. The second-order valence-corrected chi connectivity index (χ2v) is 6.41. The first kappa shape index (κ1) is 15.3. The third-order valence-corrected chi connectivity index (χ3v) is 3.25. The minimum Gasteiger partial charge on any atom is -0.322 e. The van der Waals surface area contributed by atoms with Crippen molar-refractivity contribution in [3.8, 4) is 0 Å². The van der Waals surface area contributed by atoms with Gasteiger partial charge in [-0.3, -0.25) is 9.52 Å². The van der Waals surface area contributed by atoms with Gasteiger partial charge in [0.05, 0.1) is 6.26 Å². The van der Waals surface area contributed by atoms with Crippen LogP contribution >= 0.6 is 11.6 Å². The van der Waals surface area contributed by atoms with Crippen LogP contribution in [0.1, 0.15) is 10.4 Å². The highest BCUT2D eigenvalue weighted by Gasteiger charge is 2.07. The number of rotatable bonds is 4. The van der Waals surface area contributed by atoms with Crippen LogP contribution in [0.3, 0.4) is 0 Å². The smallest absolute Gasteiger partial charge is 0.255 e. The number of hydrogen-bond acceptors (Lipinski definition) is 4. The zero-order valence-corrected chi connectivity index (χ0v) is 12.6. The van der Waals surface area contributed by atoms with E-state index in [-0.39, 0.29) is 11.1 Å². The maximum atomic E-state index is 12.0. The standard InChI is InChI=1S/C13H12ClN3O3S/c1-21(19,20)17-11-4-2-10(3-5-11)16-13(18)9-6-7-15-12(14)8-9/h2-8,17H,1H3,(H,16,18). The largest absolute Gasteiger partial charge is 0.322 e. The summed E-state index contributed by atoms with van der Waals surface area (Å²) < 4.78 is 24.5. The molecule has 0 atom stereocenters. The van der Waals surface area contributed by atoms with E-state index in [0.717, 1.165) is 6.26 Å². The van der Waals surface area contributed by atoms with Gasteiger partial charge in [0.1, 0.15) is 5.15 Å². The van der Waals surface area contributed by atoms with Crippen molar-refractivity contribution < 1.29 is 13.2 Å². The monoisotopic (exact) mass is 325 g/mol. The molecule has 0 bridgehead atoms. The summed E-state index contributed by atoms with van der Waals surface area (Å²) in [6, 6.07) is 9.28. The third kappa shape index (κ3) is 4.73. The summed E-state index contributed by atoms with van der Waals surface area (Å²) in [4.78, 5) is 15.8. The van der Waals surface area contributed by atoms with E-state index < -0.39 is 10.0 Å². The second kappa shape index (κ2) is 6.11. The van der Waals surface area contributed by atoms with Gasteiger partial charge in [0, 0.05) is 23.1 Å². The van der Waals surface area contributed by atoms with Gasteiger partial charge >= 0.3 is 0 Å². The number of anilines is 2. The molecular formula is C13H12ClN3O3S. The minimum absolute atomic E-state index is 0.232. The van der Waals surface area contributed by atoms with Crippen LogP contribution in [0.2, 0.25) is 5.15 Å². The molecule has 0 saturated heterocycles. The van der Waals surface area contributed by atoms with Gasteiger partial charge in [0.15, 0.2) is 0 Å². The van der Waals surface area contributed by atoms with Crippen LogP contribution in [0, 0.1) is 0 Å². The molecule has 1 aromatic heterocycles. The number of sulfonamides is 1. The summed E-state index contributed by atoms with van der Waals surface area (Å²) in [6.07, 6.45) is 2.51. The van der Waals surface area contributed by atoms with E-state index in [1.807, 2.05) is 0 Å². The zero-order valence-electron chi connectivity index (χ0n) is 11.0. The summed E-state index contributed by atoms with van der Waals surface area (Å²) in [5, 5.41) is 2.90. The van der Waals surface area contributed by atoms with Crippen molar-refractivity contribution >= 4 is 38.9 Å². The normalized spacial score (nSPS) is 11.0. The lowest BCUT2D eigenvalue weighted by atomic mass is 10.2. The molecule has 8 heteroatoms. The summed E-state index contributed by atoms with van der Waals surface area (Å²) >= 11 is 5.72. The van der Waals surface area contributed by atoms with E-state index >= 15 is 0 Å². The molecule has 2 rings (SSSR count). The van der Waals surface area contributed by atoms with E-state index in [1.165, 1.54) is 12.3 Å². The van der Waals surface area contributed by atoms with Gasteiger partial charge < -0.3 is 5.32 Å². The Labute approximate surface area is 127 Å². The lowest BCUT2D eigenvalue weighted by molar-refractivity contribution is 0.102. The number of halogens is 1. The number of nitrogens with one attached hydrogen (secondary N) is 2. The van der Waals surface area contributed by atoms with Crippen molar-refractivity contribution in [2.45, 2.75) is 0 Å². The Balaban J connectivity index is 2.08. The number of carbonyl (C=O) groups is 1. The zero-order chi connectivity index (χ0) is 15.5. The van der Waals surface area contributed by atoms with Crippen LogP contribution < -0.4 is 10.0 Å². The molecule has 110 valence electrons. The summed E-state index contributed by atoms with van der Waals surface area (Å²) in [5.41, 5.74) is 1.34. The Morgan fingerprint density at radius 1 is 1.14 bits per heavy atom. The highest BCUT2D eigenvalue weighted by molar-refractivity contribution is 7.92. The minimum atomic E-state index is -3.32. The van der Waals surface area contributed by atoms with E-state index in [0.29, 0.717) is 16.9 Å². The van der Waals surface area contributed by atoms with E-state index in [4.69, 9.17) is 11.6 Å². The molecule has 1 heterocycles. The van der Waals surface area contributed by atoms with E-state index in [1.54, 1.807) is 30.3 Å². The summed E-state index contributed by atoms with van der Waals surface area (Å²) in [5.74, 6) is -0.330. The molecule has 0 aliphatic heterocycles. The molecule has 0 radical (unpaired) electrons. The lowest BCUT2D eigenvalue weighted by Gasteiger charge is -2.07. The van der Waals surface area contributed by atoms with Gasteiger partial charge in [-0.15, -0.1) is 0 Å². The van der Waals surface area contributed by atoms with Crippen molar-refractivity contribution in [3.63, 3.8) is 0 Å². The Bertz CT molecular complexity index is 760. The van der Waals surface area contributed by atoms with Crippen molar-refractivity contribution in [1.82, 2.24) is 4.98 Å². The van der Waals surface area contributed by atoms with Crippen LogP contribution in [0.5, 0.6) is 0 Å². The SMILES string of the molecule is CS(=O)(=O)Nc1ccc(NC(=O)c2ccnc(Cl)c2)cc1. The maximum absolute atomic E-state index is 12.0. The second-order valence-electron chi connectivity index (χ2n) is 4.27. The summed E-state index contributed by atoms with van der Waals surface area (Å²) in [7, 11) is -3.32. The Morgan fingerprint density at radius 2 is 1.76 bits per heavy atom. The first-order valence-corrected chi connectivity index (χ1v) is 8.11. The Kier molecular flexibility index (Phi) is 4.44. The third-order valence-electron chi connectivity index (χ3n) is 2.43. The van der Waals surface area contributed by atoms with Gasteiger partial charge in [-0.05, 0) is 36.4 Å².